The van der Waals surface area contributed by atoms with Crippen LogP contribution in [0.15, 0.2) is 29.2 Å². The second-order valence-corrected chi connectivity index (χ2v) is 7.10. The number of benzene rings is 1. The Bertz CT molecular complexity index is 533. The van der Waals surface area contributed by atoms with Crippen molar-refractivity contribution in [3.05, 3.63) is 29.8 Å². The Morgan fingerprint density at radius 2 is 2.14 bits per heavy atom. The smallest absolute Gasteiger partial charge is 0.255 e. The summed E-state index contributed by atoms with van der Waals surface area (Å²) in [4.78, 5) is 15.8. The molecule has 1 aromatic rings. The number of hydrogen-bond acceptors (Lipinski definition) is 3. The maximum absolute atomic E-state index is 12.8. The molecule has 2 fully saturated rings. The number of hydrogen-bond donors (Lipinski definition) is 1. The van der Waals surface area contributed by atoms with Gasteiger partial charge in [-0.05, 0) is 37.7 Å². The monoisotopic (exact) mass is 305 g/mol. The summed E-state index contributed by atoms with van der Waals surface area (Å²) in [6, 6.07) is 7.81. The third kappa shape index (κ3) is 2.84. The third-order valence-corrected chi connectivity index (χ3v) is 5.85. The molecule has 0 aromatic heterocycles. The number of fused-ring (bicyclic) bond motifs is 1. The Labute approximate surface area is 130 Å². The van der Waals surface area contributed by atoms with Gasteiger partial charge in [0.05, 0.1) is 11.2 Å². The van der Waals surface area contributed by atoms with Gasteiger partial charge in [0.25, 0.3) is 5.91 Å². The van der Waals surface area contributed by atoms with Crippen LogP contribution in [0.2, 0.25) is 0 Å². The Morgan fingerprint density at radius 1 is 1.33 bits per heavy atom. The summed E-state index contributed by atoms with van der Waals surface area (Å²) in [6.45, 7) is 1.38. The van der Waals surface area contributed by atoms with Gasteiger partial charge >= 0.3 is 0 Å². The van der Waals surface area contributed by atoms with Crippen molar-refractivity contribution in [2.24, 2.45) is 5.92 Å². The van der Waals surface area contributed by atoms with Gasteiger partial charge in [-0.3, -0.25) is 4.79 Å². The average Bonchev–Trinajstić information content (AvgIpc) is 2.53. The molecule has 0 bridgehead atoms. The van der Waals surface area contributed by atoms with Crippen LogP contribution < -0.4 is 0 Å². The summed E-state index contributed by atoms with van der Waals surface area (Å²) in [6.07, 6.45) is 6.98. The molecule has 21 heavy (non-hydrogen) atoms. The third-order valence-electron chi connectivity index (χ3n) is 5.05. The summed E-state index contributed by atoms with van der Waals surface area (Å²) in [5.74, 6) is 0.373. The van der Waals surface area contributed by atoms with E-state index in [1.54, 1.807) is 11.8 Å². The maximum Gasteiger partial charge on any atom is 0.255 e. The molecule has 1 N–H and O–H groups in total. The normalized spacial score (nSPS) is 29.0. The van der Waals surface area contributed by atoms with E-state index in [1.165, 1.54) is 6.42 Å². The molecule has 4 heteroatoms. The largest absolute Gasteiger partial charge is 0.389 e. The lowest BCUT2D eigenvalue weighted by Gasteiger charge is -2.47. The molecule has 3 rings (SSSR count). The quantitative estimate of drug-likeness (QED) is 0.853. The van der Waals surface area contributed by atoms with E-state index < -0.39 is 5.60 Å². The molecule has 0 spiro atoms. The fraction of sp³-hybridized carbons (Fsp3) is 0.588. The van der Waals surface area contributed by atoms with Gasteiger partial charge in [-0.2, -0.15) is 0 Å². The van der Waals surface area contributed by atoms with E-state index in [0.29, 0.717) is 13.1 Å². The molecule has 1 saturated heterocycles. The lowest BCUT2D eigenvalue weighted by atomic mass is 9.71. The molecule has 2 atom stereocenters. The first-order chi connectivity index (χ1) is 10.1. The van der Waals surface area contributed by atoms with Crippen LogP contribution in [-0.2, 0) is 0 Å². The molecule has 2 unspecified atom stereocenters. The lowest BCUT2D eigenvalue weighted by molar-refractivity contribution is -0.0886. The molecule has 2 aliphatic rings. The molecule has 1 aromatic carbocycles. The van der Waals surface area contributed by atoms with E-state index in [2.05, 4.69) is 0 Å². The van der Waals surface area contributed by atoms with E-state index in [0.717, 1.165) is 36.1 Å². The molecular formula is C17H23NO2S. The number of thioether (sulfide) groups is 1. The number of likely N-dealkylation sites (tertiary alicyclic amines) is 1. The van der Waals surface area contributed by atoms with E-state index in [4.69, 9.17) is 0 Å². The molecule has 1 aliphatic heterocycles. The zero-order chi connectivity index (χ0) is 14.9. The Kier molecular flexibility index (Phi) is 4.27. The first-order valence-electron chi connectivity index (χ1n) is 7.79. The van der Waals surface area contributed by atoms with E-state index >= 15 is 0 Å². The summed E-state index contributed by atoms with van der Waals surface area (Å²) in [7, 11) is 0. The Morgan fingerprint density at radius 3 is 2.95 bits per heavy atom. The van der Waals surface area contributed by atoms with Gasteiger partial charge < -0.3 is 10.0 Å². The zero-order valence-electron chi connectivity index (χ0n) is 12.5. The second-order valence-electron chi connectivity index (χ2n) is 6.25. The van der Waals surface area contributed by atoms with Gasteiger partial charge in [0.15, 0.2) is 0 Å². The SMILES string of the molecule is CSc1ccccc1C(=O)N1CCC2(O)CCCCC2C1. The first kappa shape index (κ1) is 14.9. The van der Waals surface area contributed by atoms with Crippen molar-refractivity contribution in [3.8, 4) is 0 Å². The number of piperidine rings is 1. The molecule has 1 aliphatic carbocycles. The molecule has 0 radical (unpaired) electrons. The van der Waals surface area contributed by atoms with Crippen molar-refractivity contribution in [1.29, 1.82) is 0 Å². The van der Waals surface area contributed by atoms with Gasteiger partial charge in [-0.1, -0.05) is 25.0 Å². The van der Waals surface area contributed by atoms with E-state index in [9.17, 15) is 9.90 Å². The zero-order valence-corrected chi connectivity index (χ0v) is 13.4. The first-order valence-corrected chi connectivity index (χ1v) is 9.01. The Hall–Kier alpha value is -1.00. The minimum Gasteiger partial charge on any atom is -0.389 e. The minimum absolute atomic E-state index is 0.118. The van der Waals surface area contributed by atoms with Crippen molar-refractivity contribution in [1.82, 2.24) is 4.90 Å². The van der Waals surface area contributed by atoms with Crippen LogP contribution in [0.3, 0.4) is 0 Å². The topological polar surface area (TPSA) is 40.5 Å². The number of nitrogens with zero attached hydrogens (tertiary/aromatic N) is 1. The molecule has 1 amide bonds. The van der Waals surface area contributed by atoms with Gasteiger partial charge in [0.1, 0.15) is 0 Å². The van der Waals surface area contributed by atoms with Crippen molar-refractivity contribution in [2.45, 2.75) is 42.6 Å². The highest BCUT2D eigenvalue weighted by Crippen LogP contribution is 2.40. The van der Waals surface area contributed by atoms with Crippen LogP contribution in [0.1, 0.15) is 42.5 Å². The molecule has 114 valence electrons. The van der Waals surface area contributed by atoms with Gasteiger partial charge in [-0.25, -0.2) is 0 Å². The average molecular weight is 305 g/mol. The second kappa shape index (κ2) is 6.01. The highest BCUT2D eigenvalue weighted by molar-refractivity contribution is 7.98. The van der Waals surface area contributed by atoms with Crippen LogP contribution in [0.5, 0.6) is 0 Å². The summed E-state index contributed by atoms with van der Waals surface area (Å²) < 4.78 is 0. The van der Waals surface area contributed by atoms with Gasteiger partial charge in [0, 0.05) is 23.9 Å². The van der Waals surface area contributed by atoms with Gasteiger partial charge in [0.2, 0.25) is 0 Å². The van der Waals surface area contributed by atoms with Crippen molar-refractivity contribution in [2.75, 3.05) is 19.3 Å². The highest BCUT2D eigenvalue weighted by Gasteiger charge is 2.43. The number of carbonyl (C=O) groups is 1. The minimum atomic E-state index is -0.520. The Balaban J connectivity index is 1.77. The fourth-order valence-corrected chi connectivity index (χ4v) is 4.34. The van der Waals surface area contributed by atoms with E-state index in [-0.39, 0.29) is 11.8 Å². The van der Waals surface area contributed by atoms with Crippen LogP contribution in [0.25, 0.3) is 0 Å². The predicted molar refractivity (Wildman–Crippen MR) is 85.7 cm³/mol. The van der Waals surface area contributed by atoms with Gasteiger partial charge in [-0.15, -0.1) is 11.8 Å². The van der Waals surface area contributed by atoms with Crippen molar-refractivity contribution < 1.29 is 9.90 Å². The van der Waals surface area contributed by atoms with E-state index in [1.807, 2.05) is 35.4 Å². The van der Waals surface area contributed by atoms with Crippen molar-refractivity contribution in [3.63, 3.8) is 0 Å². The van der Waals surface area contributed by atoms with Crippen LogP contribution in [0.4, 0.5) is 0 Å². The highest BCUT2D eigenvalue weighted by atomic mass is 32.2. The summed E-state index contributed by atoms with van der Waals surface area (Å²) in [5, 5.41) is 10.7. The number of carbonyl (C=O) groups excluding carboxylic acids is 1. The molecular weight excluding hydrogens is 282 g/mol. The van der Waals surface area contributed by atoms with Crippen LogP contribution in [-0.4, -0.2) is 40.9 Å². The molecule has 1 saturated carbocycles. The number of rotatable bonds is 2. The predicted octanol–water partition coefficient (Wildman–Crippen LogP) is 3.18. The fourth-order valence-electron chi connectivity index (χ4n) is 3.75. The molecule has 3 nitrogen and oxygen atoms in total. The molecule has 1 heterocycles. The number of aliphatic hydroxyl groups is 1. The standard InChI is InChI=1S/C17H23NO2S/c1-21-15-8-3-2-7-14(15)16(19)18-11-10-17(20)9-5-4-6-13(17)12-18/h2-3,7-8,13,20H,4-6,9-12H2,1H3. The van der Waals surface area contributed by atoms with Crippen LogP contribution in [0, 0.1) is 5.92 Å². The lowest BCUT2D eigenvalue weighted by Crippen LogP contribution is -2.54. The summed E-state index contributed by atoms with van der Waals surface area (Å²) >= 11 is 1.61. The summed E-state index contributed by atoms with van der Waals surface area (Å²) in [5.41, 5.74) is 0.278. The maximum atomic E-state index is 12.8. The van der Waals surface area contributed by atoms with Crippen molar-refractivity contribution >= 4 is 17.7 Å². The van der Waals surface area contributed by atoms with Crippen LogP contribution >= 0.6 is 11.8 Å². The number of amides is 1.